The predicted octanol–water partition coefficient (Wildman–Crippen LogP) is 1.95. The van der Waals surface area contributed by atoms with Gasteiger partial charge in [0.2, 0.25) is 10.0 Å². The van der Waals surface area contributed by atoms with Crippen molar-refractivity contribution in [3.8, 4) is 0 Å². The number of carbonyl (C=O) groups excluding carboxylic acids is 1. The largest absolute Gasteiger partial charge is 0.338 e. The summed E-state index contributed by atoms with van der Waals surface area (Å²) in [5, 5.41) is 2.81. The number of nitrogens with zero attached hydrogens (tertiary/aromatic N) is 2. The predicted molar refractivity (Wildman–Crippen MR) is 89.8 cm³/mol. The lowest BCUT2D eigenvalue weighted by atomic mass is 10.2. The number of rotatable bonds is 4. The number of carbonyl (C=O) groups is 1. The van der Waals surface area contributed by atoms with Crippen molar-refractivity contribution in [2.24, 2.45) is 0 Å². The second-order valence-electron chi connectivity index (χ2n) is 5.89. The molecule has 1 aromatic carbocycles. The molecular weight excluding hydrogens is 333 g/mol. The second-order valence-corrected chi connectivity index (χ2v) is 7.83. The van der Waals surface area contributed by atoms with E-state index in [1.165, 1.54) is 29.4 Å². The number of halogens is 1. The lowest BCUT2D eigenvalue weighted by molar-refractivity contribution is 0.200. The molecule has 1 aliphatic heterocycles. The van der Waals surface area contributed by atoms with Crippen LogP contribution in [-0.2, 0) is 10.0 Å². The number of nitrogens with one attached hydrogen (secondary N) is 1. The smallest absolute Gasteiger partial charge is 0.317 e. The van der Waals surface area contributed by atoms with Crippen molar-refractivity contribution in [1.29, 1.82) is 0 Å². The summed E-state index contributed by atoms with van der Waals surface area (Å²) in [5.74, 6) is -0.427. The third kappa shape index (κ3) is 4.24. The molecule has 0 bridgehead atoms. The fourth-order valence-electron chi connectivity index (χ4n) is 2.61. The van der Waals surface area contributed by atoms with Crippen molar-refractivity contribution in [2.75, 3.05) is 32.7 Å². The van der Waals surface area contributed by atoms with Gasteiger partial charge in [-0.15, -0.1) is 0 Å². The van der Waals surface area contributed by atoms with E-state index in [1.54, 1.807) is 4.90 Å². The van der Waals surface area contributed by atoms with Crippen molar-refractivity contribution >= 4 is 16.1 Å². The van der Waals surface area contributed by atoms with Crippen molar-refractivity contribution in [3.05, 3.63) is 29.6 Å². The minimum Gasteiger partial charge on any atom is -0.338 e. The van der Waals surface area contributed by atoms with Gasteiger partial charge in [0.05, 0.1) is 4.90 Å². The molecule has 0 spiro atoms. The minimum atomic E-state index is -3.68. The Morgan fingerprint density at radius 1 is 1.25 bits per heavy atom. The van der Waals surface area contributed by atoms with E-state index in [2.05, 4.69) is 5.32 Å². The third-order valence-corrected chi connectivity index (χ3v) is 5.93. The lowest BCUT2D eigenvalue weighted by Gasteiger charge is -2.22. The molecule has 0 aliphatic carbocycles. The van der Waals surface area contributed by atoms with E-state index in [1.807, 2.05) is 6.92 Å². The Hall–Kier alpha value is -1.67. The second kappa shape index (κ2) is 7.94. The van der Waals surface area contributed by atoms with Crippen molar-refractivity contribution in [1.82, 2.24) is 14.5 Å². The maximum Gasteiger partial charge on any atom is 0.317 e. The maximum absolute atomic E-state index is 13.4. The number of hydrogen-bond acceptors (Lipinski definition) is 3. The molecule has 1 heterocycles. The minimum absolute atomic E-state index is 0.0882. The number of aryl methyl sites for hydroxylation is 1. The number of hydrogen-bond donors (Lipinski definition) is 1. The Balaban J connectivity index is 2.09. The molecular formula is C16H24FN3O3S. The van der Waals surface area contributed by atoms with Gasteiger partial charge in [0.1, 0.15) is 5.82 Å². The summed E-state index contributed by atoms with van der Waals surface area (Å²) in [5.41, 5.74) is 0.298. The highest BCUT2D eigenvalue weighted by atomic mass is 32.2. The van der Waals surface area contributed by atoms with Crippen LogP contribution in [0.5, 0.6) is 0 Å². The summed E-state index contributed by atoms with van der Waals surface area (Å²) in [7, 11) is -3.68. The van der Waals surface area contributed by atoms with E-state index in [0.29, 0.717) is 38.2 Å². The zero-order valence-corrected chi connectivity index (χ0v) is 14.9. The Labute approximate surface area is 142 Å². The summed E-state index contributed by atoms with van der Waals surface area (Å²) in [6, 6.07) is 3.65. The number of sulfonamides is 1. The first-order chi connectivity index (χ1) is 11.4. The van der Waals surface area contributed by atoms with Crippen LogP contribution in [0.1, 0.15) is 25.3 Å². The first-order valence-electron chi connectivity index (χ1n) is 8.15. The molecule has 1 saturated heterocycles. The first kappa shape index (κ1) is 18.7. The van der Waals surface area contributed by atoms with Crippen LogP contribution in [-0.4, -0.2) is 56.4 Å². The van der Waals surface area contributed by atoms with Gasteiger partial charge in [-0.3, -0.25) is 0 Å². The summed E-state index contributed by atoms with van der Waals surface area (Å²) >= 11 is 0. The molecule has 2 amide bonds. The van der Waals surface area contributed by atoms with E-state index in [0.717, 1.165) is 6.42 Å². The summed E-state index contributed by atoms with van der Waals surface area (Å²) in [4.78, 5) is 13.8. The van der Waals surface area contributed by atoms with Crippen molar-refractivity contribution < 1.29 is 17.6 Å². The van der Waals surface area contributed by atoms with Gasteiger partial charge < -0.3 is 10.2 Å². The number of benzene rings is 1. The molecule has 2 rings (SSSR count). The maximum atomic E-state index is 13.4. The summed E-state index contributed by atoms with van der Waals surface area (Å²) in [6.45, 7) is 5.55. The molecule has 24 heavy (non-hydrogen) atoms. The molecule has 1 aliphatic rings. The normalized spacial score (nSPS) is 16.7. The van der Waals surface area contributed by atoms with Gasteiger partial charge in [0.15, 0.2) is 0 Å². The third-order valence-electron chi connectivity index (χ3n) is 4.04. The van der Waals surface area contributed by atoms with E-state index in [4.69, 9.17) is 0 Å². The molecule has 1 N–H and O–H groups in total. The average Bonchev–Trinajstić information content (AvgIpc) is 2.81. The molecule has 1 aromatic rings. The highest BCUT2D eigenvalue weighted by Crippen LogP contribution is 2.20. The van der Waals surface area contributed by atoms with Gasteiger partial charge in [-0.2, -0.15) is 4.31 Å². The van der Waals surface area contributed by atoms with Crippen molar-refractivity contribution in [3.63, 3.8) is 0 Å². The summed E-state index contributed by atoms with van der Waals surface area (Å²) in [6.07, 6.45) is 1.42. The lowest BCUT2D eigenvalue weighted by Crippen LogP contribution is -2.42. The zero-order chi connectivity index (χ0) is 17.7. The van der Waals surface area contributed by atoms with Crippen LogP contribution >= 0.6 is 0 Å². The van der Waals surface area contributed by atoms with E-state index in [9.17, 15) is 17.6 Å². The Morgan fingerprint density at radius 2 is 2.00 bits per heavy atom. The van der Waals surface area contributed by atoms with Gasteiger partial charge in [-0.25, -0.2) is 17.6 Å². The standard InChI is InChI=1S/C16H24FN3O3S/c1-3-7-18-16(21)19-8-4-9-20(11-10-19)24(22,23)14-5-6-15(17)13(2)12-14/h5-6,12H,3-4,7-11H2,1-2H3,(H,18,21). The SMILES string of the molecule is CCCNC(=O)N1CCCN(S(=O)(=O)c2ccc(F)c(C)c2)CC1. The Bertz CT molecular complexity index is 694. The van der Waals surface area contributed by atoms with Crippen molar-refractivity contribution in [2.45, 2.75) is 31.6 Å². The monoisotopic (exact) mass is 357 g/mol. The van der Waals surface area contributed by atoms with Crippen LogP contribution in [0.2, 0.25) is 0 Å². The number of amides is 2. The van der Waals surface area contributed by atoms with Crippen LogP contribution in [0, 0.1) is 12.7 Å². The molecule has 0 saturated carbocycles. The molecule has 0 aromatic heterocycles. The highest BCUT2D eigenvalue weighted by molar-refractivity contribution is 7.89. The molecule has 6 nitrogen and oxygen atoms in total. The fraction of sp³-hybridized carbons (Fsp3) is 0.562. The fourth-order valence-corrected chi connectivity index (χ4v) is 4.16. The molecule has 0 radical (unpaired) electrons. The Morgan fingerprint density at radius 3 is 2.67 bits per heavy atom. The molecule has 134 valence electrons. The van der Waals surface area contributed by atoms with Crippen LogP contribution < -0.4 is 5.32 Å². The van der Waals surface area contributed by atoms with Gasteiger partial charge >= 0.3 is 6.03 Å². The topological polar surface area (TPSA) is 69.7 Å². The first-order valence-corrected chi connectivity index (χ1v) is 9.59. The van der Waals surface area contributed by atoms with Gasteiger partial charge in [0, 0.05) is 32.7 Å². The molecule has 0 atom stereocenters. The quantitative estimate of drug-likeness (QED) is 0.895. The van der Waals surface area contributed by atoms with Gasteiger partial charge in [-0.1, -0.05) is 6.92 Å². The number of urea groups is 1. The van der Waals surface area contributed by atoms with E-state index >= 15 is 0 Å². The van der Waals surface area contributed by atoms with Crippen LogP contribution in [0.4, 0.5) is 9.18 Å². The average molecular weight is 357 g/mol. The van der Waals surface area contributed by atoms with Crippen LogP contribution in [0.15, 0.2) is 23.1 Å². The molecule has 8 heteroatoms. The molecule has 1 fully saturated rings. The molecule has 0 unspecified atom stereocenters. The van der Waals surface area contributed by atoms with E-state index < -0.39 is 15.8 Å². The highest BCUT2D eigenvalue weighted by Gasteiger charge is 2.28. The van der Waals surface area contributed by atoms with E-state index in [-0.39, 0.29) is 17.5 Å². The van der Waals surface area contributed by atoms with Gasteiger partial charge in [-0.05, 0) is 43.5 Å². The van der Waals surface area contributed by atoms with Crippen LogP contribution in [0.3, 0.4) is 0 Å². The Kier molecular flexibility index (Phi) is 6.17. The summed E-state index contributed by atoms with van der Waals surface area (Å²) < 4.78 is 40.2. The van der Waals surface area contributed by atoms with Crippen LogP contribution in [0.25, 0.3) is 0 Å². The van der Waals surface area contributed by atoms with Gasteiger partial charge in [0.25, 0.3) is 0 Å². The zero-order valence-electron chi connectivity index (χ0n) is 14.1.